The number of alkyl halides is 3. The average Bonchev–Trinajstić information content (AvgIpc) is 2.08. The van der Waals surface area contributed by atoms with E-state index in [4.69, 9.17) is 0 Å². The first-order chi connectivity index (χ1) is 7.28. The van der Waals surface area contributed by atoms with Gasteiger partial charge in [0, 0.05) is 11.7 Å². The molecule has 0 radical (unpaired) electrons. The minimum absolute atomic E-state index is 0.219. The van der Waals surface area contributed by atoms with Crippen LogP contribution in [0, 0.1) is 5.82 Å². The van der Waals surface area contributed by atoms with Gasteiger partial charge in [-0.25, -0.2) is 4.39 Å². The highest BCUT2D eigenvalue weighted by Gasteiger charge is 2.29. The van der Waals surface area contributed by atoms with Gasteiger partial charge in [-0.3, -0.25) is 0 Å². The lowest BCUT2D eigenvalue weighted by atomic mass is 10.2. The fourth-order valence-corrected chi connectivity index (χ4v) is 1.65. The molecule has 0 saturated carbocycles. The summed E-state index contributed by atoms with van der Waals surface area (Å²) in [7, 11) is 0. The van der Waals surface area contributed by atoms with Crippen molar-refractivity contribution in [1.82, 2.24) is 0 Å². The highest BCUT2D eigenvalue weighted by atomic mass is 79.9. The Bertz CT molecular complexity index is 364. The van der Waals surface area contributed by atoms with Crippen molar-refractivity contribution in [2.45, 2.75) is 25.6 Å². The van der Waals surface area contributed by atoms with Crippen LogP contribution in [0.2, 0.25) is 0 Å². The van der Waals surface area contributed by atoms with Gasteiger partial charge in [-0.05, 0) is 41.1 Å². The van der Waals surface area contributed by atoms with Crippen LogP contribution >= 0.6 is 15.9 Å². The van der Waals surface area contributed by atoms with Crippen LogP contribution in [0.25, 0.3) is 0 Å². The smallest absolute Gasteiger partial charge is 0.382 e. The third-order valence-electron chi connectivity index (χ3n) is 1.87. The standard InChI is InChI=1S/C10H10BrF4N/c1-6(5-10(13,14)15)16-7-2-3-9(12)8(11)4-7/h2-4,6,16H,5H2,1H3. The number of rotatable bonds is 3. The van der Waals surface area contributed by atoms with Gasteiger partial charge in [-0.2, -0.15) is 13.2 Å². The molecular formula is C10H10BrF4N. The van der Waals surface area contributed by atoms with Crippen LogP contribution in [0.3, 0.4) is 0 Å². The molecule has 1 aromatic carbocycles. The van der Waals surface area contributed by atoms with E-state index >= 15 is 0 Å². The summed E-state index contributed by atoms with van der Waals surface area (Å²) in [5.41, 5.74) is 0.449. The molecule has 1 N–H and O–H groups in total. The summed E-state index contributed by atoms with van der Waals surface area (Å²) in [6.45, 7) is 1.42. The first-order valence-corrected chi connectivity index (χ1v) is 5.35. The van der Waals surface area contributed by atoms with E-state index in [0.29, 0.717) is 5.69 Å². The van der Waals surface area contributed by atoms with Gasteiger partial charge in [0.25, 0.3) is 0 Å². The molecule has 0 bridgehead atoms. The van der Waals surface area contributed by atoms with Crippen LogP contribution < -0.4 is 5.32 Å². The molecule has 1 rings (SSSR count). The normalized spacial score (nSPS) is 13.6. The highest BCUT2D eigenvalue weighted by Crippen LogP contribution is 2.25. The van der Waals surface area contributed by atoms with Crippen molar-refractivity contribution >= 4 is 21.6 Å². The third-order valence-corrected chi connectivity index (χ3v) is 2.48. The fourth-order valence-electron chi connectivity index (χ4n) is 1.27. The molecule has 0 aliphatic rings. The second-order valence-corrected chi connectivity index (χ2v) is 4.35. The monoisotopic (exact) mass is 299 g/mol. The summed E-state index contributed by atoms with van der Waals surface area (Å²) in [4.78, 5) is 0. The minimum Gasteiger partial charge on any atom is -0.382 e. The molecule has 0 aromatic heterocycles. The Kier molecular flexibility index (Phi) is 4.18. The zero-order valence-electron chi connectivity index (χ0n) is 8.41. The molecule has 1 aromatic rings. The Morgan fingerprint density at radius 1 is 1.38 bits per heavy atom. The van der Waals surface area contributed by atoms with E-state index in [-0.39, 0.29) is 4.47 Å². The van der Waals surface area contributed by atoms with E-state index < -0.39 is 24.5 Å². The van der Waals surface area contributed by atoms with Crippen molar-refractivity contribution in [3.05, 3.63) is 28.5 Å². The Labute approximate surface area is 99.0 Å². The molecular weight excluding hydrogens is 290 g/mol. The highest BCUT2D eigenvalue weighted by molar-refractivity contribution is 9.10. The predicted octanol–water partition coefficient (Wildman–Crippen LogP) is 4.34. The lowest BCUT2D eigenvalue weighted by Crippen LogP contribution is -2.23. The van der Waals surface area contributed by atoms with E-state index in [0.717, 1.165) is 0 Å². The largest absolute Gasteiger partial charge is 0.391 e. The lowest BCUT2D eigenvalue weighted by molar-refractivity contribution is -0.136. The van der Waals surface area contributed by atoms with Crippen LogP contribution in [0.5, 0.6) is 0 Å². The molecule has 0 aliphatic heterocycles. The van der Waals surface area contributed by atoms with Gasteiger partial charge >= 0.3 is 6.18 Å². The van der Waals surface area contributed by atoms with Crippen molar-refractivity contribution in [3.63, 3.8) is 0 Å². The molecule has 0 amide bonds. The van der Waals surface area contributed by atoms with Gasteiger partial charge < -0.3 is 5.32 Å². The average molecular weight is 300 g/mol. The van der Waals surface area contributed by atoms with Gasteiger partial charge in [0.2, 0.25) is 0 Å². The van der Waals surface area contributed by atoms with E-state index in [2.05, 4.69) is 21.2 Å². The summed E-state index contributed by atoms with van der Waals surface area (Å²) < 4.78 is 49.2. The number of anilines is 1. The van der Waals surface area contributed by atoms with Crippen molar-refractivity contribution in [1.29, 1.82) is 0 Å². The molecule has 0 heterocycles. The van der Waals surface area contributed by atoms with Gasteiger partial charge in [-0.15, -0.1) is 0 Å². The topological polar surface area (TPSA) is 12.0 Å². The SMILES string of the molecule is CC(CC(F)(F)F)Nc1ccc(F)c(Br)c1. The maximum Gasteiger partial charge on any atom is 0.391 e. The second-order valence-electron chi connectivity index (χ2n) is 3.49. The van der Waals surface area contributed by atoms with Crippen molar-refractivity contribution < 1.29 is 17.6 Å². The Morgan fingerprint density at radius 2 is 2.00 bits per heavy atom. The number of nitrogens with one attached hydrogen (secondary N) is 1. The van der Waals surface area contributed by atoms with Gasteiger partial charge in [-0.1, -0.05) is 0 Å². The lowest BCUT2D eigenvalue weighted by Gasteiger charge is -2.17. The Morgan fingerprint density at radius 3 is 2.50 bits per heavy atom. The summed E-state index contributed by atoms with van der Waals surface area (Å²) >= 11 is 2.96. The van der Waals surface area contributed by atoms with Crippen molar-refractivity contribution in [2.75, 3.05) is 5.32 Å². The fraction of sp³-hybridized carbons (Fsp3) is 0.400. The second kappa shape index (κ2) is 5.03. The summed E-state index contributed by atoms with van der Waals surface area (Å²) in [5, 5.41) is 2.65. The maximum absolute atomic E-state index is 12.9. The Balaban J connectivity index is 2.63. The van der Waals surface area contributed by atoms with E-state index in [1.807, 2.05) is 0 Å². The molecule has 0 fully saturated rings. The number of hydrogen-bond acceptors (Lipinski definition) is 1. The van der Waals surface area contributed by atoms with E-state index in [1.165, 1.54) is 25.1 Å². The van der Waals surface area contributed by atoms with Crippen LogP contribution in [0.4, 0.5) is 23.2 Å². The van der Waals surface area contributed by atoms with Crippen molar-refractivity contribution in [2.24, 2.45) is 0 Å². The van der Waals surface area contributed by atoms with Gasteiger partial charge in [0.05, 0.1) is 10.9 Å². The minimum atomic E-state index is -4.20. The molecule has 1 nitrogen and oxygen atoms in total. The van der Waals surface area contributed by atoms with Crippen LogP contribution in [0.15, 0.2) is 22.7 Å². The zero-order valence-corrected chi connectivity index (χ0v) is 9.99. The number of hydrogen-bond donors (Lipinski definition) is 1. The van der Waals surface area contributed by atoms with Crippen LogP contribution in [-0.2, 0) is 0 Å². The number of halogens is 5. The number of benzene rings is 1. The molecule has 90 valence electrons. The molecule has 0 spiro atoms. The van der Waals surface area contributed by atoms with Crippen LogP contribution in [-0.4, -0.2) is 12.2 Å². The first kappa shape index (κ1) is 13.3. The van der Waals surface area contributed by atoms with E-state index in [9.17, 15) is 17.6 Å². The maximum atomic E-state index is 12.9. The quantitative estimate of drug-likeness (QED) is 0.819. The predicted molar refractivity (Wildman–Crippen MR) is 57.9 cm³/mol. The summed E-state index contributed by atoms with van der Waals surface area (Å²) in [6, 6.07) is 3.24. The molecule has 1 atom stereocenters. The van der Waals surface area contributed by atoms with Gasteiger partial charge in [0.1, 0.15) is 5.82 Å². The molecule has 0 aliphatic carbocycles. The molecule has 16 heavy (non-hydrogen) atoms. The third kappa shape index (κ3) is 4.38. The van der Waals surface area contributed by atoms with Crippen LogP contribution in [0.1, 0.15) is 13.3 Å². The summed E-state index contributed by atoms with van der Waals surface area (Å²) in [6.07, 6.45) is -5.13. The zero-order chi connectivity index (χ0) is 12.3. The Hall–Kier alpha value is -0.780. The van der Waals surface area contributed by atoms with Crippen molar-refractivity contribution in [3.8, 4) is 0 Å². The van der Waals surface area contributed by atoms with E-state index in [1.54, 1.807) is 0 Å². The molecule has 0 saturated heterocycles. The summed E-state index contributed by atoms with van der Waals surface area (Å²) in [5.74, 6) is -0.450. The molecule has 6 heteroatoms. The first-order valence-electron chi connectivity index (χ1n) is 4.56. The molecule has 1 unspecified atom stereocenters. The van der Waals surface area contributed by atoms with Gasteiger partial charge in [0.15, 0.2) is 0 Å².